The fourth-order valence-electron chi connectivity index (χ4n) is 1.54. The molecule has 0 aromatic heterocycles. The van der Waals surface area contributed by atoms with Crippen molar-refractivity contribution in [2.24, 2.45) is 0 Å². The molecule has 0 spiro atoms. The van der Waals surface area contributed by atoms with Gasteiger partial charge in [0.2, 0.25) is 0 Å². The fraction of sp³-hybridized carbons (Fsp3) is 0.143. The molecule has 19 heavy (non-hydrogen) atoms. The van der Waals surface area contributed by atoms with Crippen LogP contribution in [0.25, 0.3) is 0 Å². The van der Waals surface area contributed by atoms with E-state index in [-0.39, 0.29) is 15.8 Å². The summed E-state index contributed by atoms with van der Waals surface area (Å²) in [6, 6.07) is 9.28. The van der Waals surface area contributed by atoms with Crippen molar-refractivity contribution in [1.82, 2.24) is 0 Å². The molecule has 0 fully saturated rings. The minimum atomic E-state index is -0.639. The molecule has 1 N–H and O–H groups in total. The lowest BCUT2D eigenvalue weighted by molar-refractivity contribution is 0.199. The van der Waals surface area contributed by atoms with E-state index in [0.29, 0.717) is 11.3 Å². The quantitative estimate of drug-likeness (QED) is 0.866. The van der Waals surface area contributed by atoms with E-state index in [9.17, 15) is 9.50 Å². The maximum atomic E-state index is 13.7. The molecule has 0 unspecified atom stereocenters. The first-order valence-corrected chi connectivity index (χ1v) is 6.34. The highest BCUT2D eigenvalue weighted by Crippen LogP contribution is 2.34. The maximum Gasteiger partial charge on any atom is 0.184 e. The maximum absolute atomic E-state index is 13.7. The third kappa shape index (κ3) is 3.18. The molecule has 100 valence electrons. The first-order chi connectivity index (χ1) is 8.99. The van der Waals surface area contributed by atoms with Crippen molar-refractivity contribution >= 4 is 23.2 Å². The highest BCUT2D eigenvalue weighted by Gasteiger charge is 2.11. The Labute approximate surface area is 120 Å². The van der Waals surface area contributed by atoms with Gasteiger partial charge in [0.1, 0.15) is 5.75 Å². The summed E-state index contributed by atoms with van der Waals surface area (Å²) in [4.78, 5) is 0. The Morgan fingerprint density at radius 1 is 1.11 bits per heavy atom. The Morgan fingerprint density at radius 2 is 1.84 bits per heavy atom. The van der Waals surface area contributed by atoms with Crippen LogP contribution in [0.1, 0.15) is 18.6 Å². The molecule has 5 heteroatoms. The number of hydrogen-bond donors (Lipinski definition) is 1. The Balaban J connectivity index is 2.31. The molecule has 0 saturated heterocycles. The summed E-state index contributed by atoms with van der Waals surface area (Å²) in [5, 5.41) is 9.70. The van der Waals surface area contributed by atoms with E-state index in [4.69, 9.17) is 27.9 Å². The molecule has 2 rings (SSSR count). The van der Waals surface area contributed by atoms with Crippen LogP contribution in [0.5, 0.6) is 11.5 Å². The number of hydrogen-bond acceptors (Lipinski definition) is 2. The standard InChI is InChI=1S/C14H11Cl2FO2/c1-8(18)9-5-6-12(11(16)7-9)19-13-4-2-3-10(15)14(13)17/h2-8,18H,1H3/t8-/m1/s1. The normalized spacial score (nSPS) is 12.3. The number of halogens is 3. The monoisotopic (exact) mass is 300 g/mol. The molecule has 0 saturated carbocycles. The molecule has 0 amide bonds. The van der Waals surface area contributed by atoms with Crippen LogP contribution in [-0.2, 0) is 0 Å². The summed E-state index contributed by atoms with van der Waals surface area (Å²) in [7, 11) is 0. The summed E-state index contributed by atoms with van der Waals surface area (Å²) in [6.07, 6.45) is -0.630. The van der Waals surface area contributed by atoms with Crippen molar-refractivity contribution in [3.8, 4) is 11.5 Å². The summed E-state index contributed by atoms with van der Waals surface area (Å²) in [5.41, 5.74) is 0.656. The van der Waals surface area contributed by atoms with Crippen molar-refractivity contribution in [1.29, 1.82) is 0 Å². The molecular formula is C14H11Cl2FO2. The van der Waals surface area contributed by atoms with Crippen LogP contribution in [0.2, 0.25) is 10.0 Å². The van der Waals surface area contributed by atoms with E-state index in [0.717, 1.165) is 0 Å². The van der Waals surface area contributed by atoms with Crippen molar-refractivity contribution in [3.05, 3.63) is 57.8 Å². The van der Waals surface area contributed by atoms with Gasteiger partial charge in [-0.3, -0.25) is 0 Å². The van der Waals surface area contributed by atoms with Gasteiger partial charge in [-0.1, -0.05) is 35.3 Å². The Morgan fingerprint density at radius 3 is 2.47 bits per heavy atom. The number of rotatable bonds is 3. The second-order valence-electron chi connectivity index (χ2n) is 4.02. The van der Waals surface area contributed by atoms with E-state index >= 15 is 0 Å². The van der Waals surface area contributed by atoms with Crippen LogP contribution in [0.4, 0.5) is 4.39 Å². The second-order valence-corrected chi connectivity index (χ2v) is 4.83. The SMILES string of the molecule is C[C@@H](O)c1ccc(Oc2cccc(Cl)c2F)c(Cl)c1. The molecule has 2 aromatic rings. The average Bonchev–Trinajstić information content (AvgIpc) is 2.37. The predicted molar refractivity (Wildman–Crippen MR) is 73.6 cm³/mol. The Hall–Kier alpha value is -1.29. The molecule has 0 aliphatic carbocycles. The minimum absolute atomic E-state index is 0.000744. The smallest absolute Gasteiger partial charge is 0.184 e. The number of aliphatic hydroxyl groups excluding tert-OH is 1. The van der Waals surface area contributed by atoms with E-state index in [1.807, 2.05) is 0 Å². The van der Waals surface area contributed by atoms with Gasteiger partial charge in [-0.05, 0) is 36.8 Å². The van der Waals surface area contributed by atoms with E-state index in [1.54, 1.807) is 31.2 Å². The molecule has 0 aliphatic heterocycles. The molecule has 0 bridgehead atoms. The molecular weight excluding hydrogens is 290 g/mol. The number of benzene rings is 2. The van der Waals surface area contributed by atoms with Gasteiger partial charge in [0, 0.05) is 0 Å². The second kappa shape index (κ2) is 5.78. The lowest BCUT2D eigenvalue weighted by Gasteiger charge is -2.11. The van der Waals surface area contributed by atoms with Crippen LogP contribution in [0, 0.1) is 5.82 Å². The Bertz CT molecular complexity index is 600. The Kier molecular flexibility index (Phi) is 4.30. The number of ether oxygens (including phenoxy) is 1. The van der Waals surface area contributed by atoms with Crippen molar-refractivity contribution in [2.45, 2.75) is 13.0 Å². The molecule has 1 atom stereocenters. The molecule has 2 aromatic carbocycles. The topological polar surface area (TPSA) is 29.5 Å². The zero-order chi connectivity index (χ0) is 14.0. The van der Waals surface area contributed by atoms with Gasteiger partial charge >= 0.3 is 0 Å². The molecule has 0 radical (unpaired) electrons. The van der Waals surface area contributed by atoms with E-state index in [2.05, 4.69) is 0 Å². The first kappa shape index (κ1) is 14.1. The lowest BCUT2D eigenvalue weighted by Crippen LogP contribution is -1.93. The summed E-state index contributed by atoms with van der Waals surface area (Å²) in [6.45, 7) is 1.63. The highest BCUT2D eigenvalue weighted by molar-refractivity contribution is 6.32. The molecule has 0 heterocycles. The van der Waals surface area contributed by atoms with Gasteiger partial charge in [0.15, 0.2) is 11.6 Å². The average molecular weight is 301 g/mol. The fourth-order valence-corrected chi connectivity index (χ4v) is 1.93. The lowest BCUT2D eigenvalue weighted by atomic mass is 10.1. The van der Waals surface area contributed by atoms with Gasteiger partial charge in [0.25, 0.3) is 0 Å². The first-order valence-electron chi connectivity index (χ1n) is 5.58. The third-order valence-corrected chi connectivity index (χ3v) is 3.16. The van der Waals surface area contributed by atoms with Gasteiger partial charge in [-0.25, -0.2) is 4.39 Å². The van der Waals surface area contributed by atoms with E-state index in [1.165, 1.54) is 12.1 Å². The van der Waals surface area contributed by atoms with E-state index < -0.39 is 11.9 Å². The van der Waals surface area contributed by atoms with Gasteiger partial charge in [0.05, 0.1) is 16.1 Å². The predicted octanol–water partition coefficient (Wildman–Crippen LogP) is 4.98. The van der Waals surface area contributed by atoms with Crippen molar-refractivity contribution in [2.75, 3.05) is 0 Å². The summed E-state index contributed by atoms with van der Waals surface area (Å²) < 4.78 is 19.1. The number of aliphatic hydroxyl groups is 1. The van der Waals surface area contributed by atoms with Crippen LogP contribution >= 0.6 is 23.2 Å². The molecule has 2 nitrogen and oxygen atoms in total. The van der Waals surface area contributed by atoms with Gasteiger partial charge in [-0.2, -0.15) is 0 Å². The third-order valence-electron chi connectivity index (χ3n) is 2.57. The summed E-state index contributed by atoms with van der Waals surface area (Å²) >= 11 is 11.7. The zero-order valence-corrected chi connectivity index (χ0v) is 11.5. The van der Waals surface area contributed by atoms with Crippen molar-refractivity contribution < 1.29 is 14.2 Å². The van der Waals surface area contributed by atoms with Gasteiger partial charge in [-0.15, -0.1) is 0 Å². The molecule has 0 aliphatic rings. The van der Waals surface area contributed by atoms with Crippen LogP contribution in [-0.4, -0.2) is 5.11 Å². The van der Waals surface area contributed by atoms with Crippen LogP contribution in [0.3, 0.4) is 0 Å². The van der Waals surface area contributed by atoms with Crippen LogP contribution < -0.4 is 4.74 Å². The zero-order valence-electron chi connectivity index (χ0n) is 10.0. The van der Waals surface area contributed by atoms with Crippen LogP contribution in [0.15, 0.2) is 36.4 Å². The highest BCUT2D eigenvalue weighted by atomic mass is 35.5. The van der Waals surface area contributed by atoms with Gasteiger partial charge < -0.3 is 9.84 Å². The summed E-state index contributed by atoms with van der Waals surface area (Å²) in [5.74, 6) is -0.341. The largest absolute Gasteiger partial charge is 0.453 e. The minimum Gasteiger partial charge on any atom is -0.453 e. The van der Waals surface area contributed by atoms with Crippen molar-refractivity contribution in [3.63, 3.8) is 0 Å².